The van der Waals surface area contributed by atoms with E-state index in [1.165, 1.54) is 0 Å². The summed E-state index contributed by atoms with van der Waals surface area (Å²) in [6.07, 6.45) is 1.62. The van der Waals surface area contributed by atoms with Crippen LogP contribution in [0.25, 0.3) is 21.9 Å². The normalized spacial score (nSPS) is 11.4. The number of halogens is 2. The fourth-order valence-electron chi connectivity index (χ4n) is 2.51. The average Bonchev–Trinajstić information content (AvgIpc) is 2.93. The molecular weight excluding hydrogens is 394 g/mol. The summed E-state index contributed by atoms with van der Waals surface area (Å²) >= 11 is 11.4. The van der Waals surface area contributed by atoms with Crippen molar-refractivity contribution in [2.24, 2.45) is 0 Å². The van der Waals surface area contributed by atoms with Crippen molar-refractivity contribution < 1.29 is 0 Å². The lowest BCUT2D eigenvalue weighted by Gasteiger charge is -2.04. The van der Waals surface area contributed by atoms with Crippen molar-refractivity contribution in [2.75, 3.05) is 0 Å². The highest BCUT2D eigenvalue weighted by Gasteiger charge is 2.12. The Labute approximate surface area is 150 Å². The van der Waals surface area contributed by atoms with E-state index in [0.29, 0.717) is 0 Å². The lowest BCUT2D eigenvalue weighted by molar-refractivity contribution is 1.09. The average molecular weight is 405 g/mol. The number of thioether (sulfide) groups is 1. The summed E-state index contributed by atoms with van der Waals surface area (Å²) in [5, 5.41) is 2.81. The van der Waals surface area contributed by atoms with Crippen LogP contribution < -0.4 is 0 Å². The first-order valence-electron chi connectivity index (χ1n) is 7.00. The number of hydrogen-bond acceptors (Lipinski definition) is 3. The number of aromatic nitrogens is 3. The van der Waals surface area contributed by atoms with Gasteiger partial charge >= 0.3 is 0 Å². The van der Waals surface area contributed by atoms with Crippen molar-refractivity contribution in [3.63, 3.8) is 0 Å². The molecule has 0 unspecified atom stereocenters. The Morgan fingerprint density at radius 1 is 1.13 bits per heavy atom. The molecule has 2 aromatic carbocycles. The number of aromatic amines is 1. The van der Waals surface area contributed by atoms with E-state index in [1.807, 2.05) is 36.4 Å². The molecule has 1 N–H and O–H groups in total. The first-order chi connectivity index (χ1) is 11.2. The third-order valence-corrected chi connectivity index (χ3v) is 5.53. The van der Waals surface area contributed by atoms with Crippen molar-refractivity contribution in [3.8, 4) is 0 Å². The largest absolute Gasteiger partial charge is 0.351 e. The molecule has 4 aromatic rings. The lowest BCUT2D eigenvalue weighted by atomic mass is 10.2. The number of nitrogens with zero attached hydrogens (tertiary/aromatic N) is 2. The topological polar surface area (TPSA) is 41.6 Å². The molecule has 6 heteroatoms. The van der Waals surface area contributed by atoms with Gasteiger partial charge in [-0.25, -0.2) is 9.97 Å². The highest BCUT2D eigenvalue weighted by Crippen LogP contribution is 2.33. The molecule has 0 fully saturated rings. The van der Waals surface area contributed by atoms with Crippen LogP contribution in [-0.4, -0.2) is 15.0 Å². The van der Waals surface area contributed by atoms with Crippen LogP contribution >= 0.6 is 39.3 Å². The predicted octanol–water partition coefficient (Wildman–Crippen LogP) is 5.82. The van der Waals surface area contributed by atoms with E-state index in [2.05, 4.69) is 36.9 Å². The standard InChI is InChI=1S/C17H11BrClN3S/c18-11-5-6-14-12(7-11)15-16(22-14)17(21-9-20-15)23-8-10-3-1-2-4-13(10)19/h1-7,9,22H,8H2. The summed E-state index contributed by atoms with van der Waals surface area (Å²) < 4.78 is 1.04. The maximum Gasteiger partial charge on any atom is 0.124 e. The molecule has 2 aromatic heterocycles. The Balaban J connectivity index is 1.75. The highest BCUT2D eigenvalue weighted by molar-refractivity contribution is 9.10. The Morgan fingerprint density at radius 3 is 2.87 bits per heavy atom. The zero-order chi connectivity index (χ0) is 15.8. The second-order valence-electron chi connectivity index (χ2n) is 5.10. The van der Waals surface area contributed by atoms with E-state index in [1.54, 1.807) is 18.1 Å². The predicted molar refractivity (Wildman–Crippen MR) is 100 cm³/mol. The van der Waals surface area contributed by atoms with E-state index in [4.69, 9.17) is 11.6 Å². The van der Waals surface area contributed by atoms with Crippen molar-refractivity contribution in [1.82, 2.24) is 15.0 Å². The summed E-state index contributed by atoms with van der Waals surface area (Å²) in [6, 6.07) is 14.0. The van der Waals surface area contributed by atoms with Crippen LogP contribution in [0.15, 0.2) is 58.3 Å². The lowest BCUT2D eigenvalue weighted by Crippen LogP contribution is -1.87. The van der Waals surface area contributed by atoms with Crippen LogP contribution in [0, 0.1) is 0 Å². The molecule has 114 valence electrons. The van der Waals surface area contributed by atoms with Crippen molar-refractivity contribution >= 4 is 61.2 Å². The van der Waals surface area contributed by atoms with E-state index in [0.717, 1.165) is 47.8 Å². The maximum atomic E-state index is 6.23. The maximum absolute atomic E-state index is 6.23. The van der Waals surface area contributed by atoms with Crippen LogP contribution in [0.1, 0.15) is 5.56 Å². The van der Waals surface area contributed by atoms with Gasteiger partial charge in [0.25, 0.3) is 0 Å². The zero-order valence-corrected chi connectivity index (χ0v) is 15.0. The molecule has 0 atom stereocenters. The van der Waals surface area contributed by atoms with Crippen LogP contribution in [-0.2, 0) is 5.75 Å². The van der Waals surface area contributed by atoms with E-state index >= 15 is 0 Å². The summed E-state index contributed by atoms with van der Waals surface area (Å²) in [5.41, 5.74) is 4.07. The Hall–Kier alpha value is -1.56. The SMILES string of the molecule is Clc1ccccc1CSc1ncnc2c1[nH]c1ccc(Br)cc12. The minimum absolute atomic E-state index is 0.769. The molecule has 0 saturated carbocycles. The van der Waals surface area contributed by atoms with Crippen LogP contribution in [0.3, 0.4) is 0 Å². The molecule has 0 spiro atoms. The molecule has 0 radical (unpaired) electrons. The van der Waals surface area contributed by atoms with Gasteiger partial charge in [0, 0.05) is 26.2 Å². The van der Waals surface area contributed by atoms with E-state index in [9.17, 15) is 0 Å². The van der Waals surface area contributed by atoms with Gasteiger partial charge in [0.2, 0.25) is 0 Å². The molecule has 0 saturated heterocycles. The number of fused-ring (bicyclic) bond motifs is 3. The number of nitrogens with one attached hydrogen (secondary N) is 1. The third-order valence-electron chi connectivity index (χ3n) is 3.63. The summed E-state index contributed by atoms with van der Waals surface area (Å²) in [4.78, 5) is 12.3. The summed E-state index contributed by atoms with van der Waals surface area (Å²) in [7, 11) is 0. The molecule has 3 nitrogen and oxygen atoms in total. The van der Waals surface area contributed by atoms with Gasteiger partial charge in [-0.15, -0.1) is 0 Å². The smallest absolute Gasteiger partial charge is 0.124 e. The molecule has 2 heterocycles. The van der Waals surface area contributed by atoms with Crippen molar-refractivity contribution in [3.05, 3.63) is 63.9 Å². The minimum atomic E-state index is 0.769. The number of H-pyrrole nitrogens is 1. The van der Waals surface area contributed by atoms with Gasteiger partial charge in [-0.2, -0.15) is 0 Å². The molecule has 0 aliphatic carbocycles. The fourth-order valence-corrected chi connectivity index (χ4v) is 4.11. The van der Waals surface area contributed by atoms with Gasteiger partial charge in [-0.05, 0) is 29.8 Å². The molecule has 0 amide bonds. The monoisotopic (exact) mass is 403 g/mol. The van der Waals surface area contributed by atoms with E-state index in [-0.39, 0.29) is 0 Å². The Bertz CT molecular complexity index is 1020. The fraction of sp³-hybridized carbons (Fsp3) is 0.0588. The van der Waals surface area contributed by atoms with Crippen LogP contribution in [0.5, 0.6) is 0 Å². The van der Waals surface area contributed by atoms with E-state index < -0.39 is 0 Å². The van der Waals surface area contributed by atoms with Crippen molar-refractivity contribution in [1.29, 1.82) is 0 Å². The van der Waals surface area contributed by atoms with Gasteiger partial charge in [-0.3, -0.25) is 0 Å². The summed E-state index contributed by atoms with van der Waals surface area (Å²) in [5.74, 6) is 0.769. The summed E-state index contributed by atoms with van der Waals surface area (Å²) in [6.45, 7) is 0. The minimum Gasteiger partial charge on any atom is -0.351 e. The quantitative estimate of drug-likeness (QED) is 0.345. The van der Waals surface area contributed by atoms with Crippen LogP contribution in [0.4, 0.5) is 0 Å². The zero-order valence-electron chi connectivity index (χ0n) is 11.9. The Morgan fingerprint density at radius 2 is 2.00 bits per heavy atom. The van der Waals surface area contributed by atoms with Crippen LogP contribution in [0.2, 0.25) is 5.02 Å². The molecule has 4 rings (SSSR count). The van der Waals surface area contributed by atoms with Crippen molar-refractivity contribution in [2.45, 2.75) is 10.8 Å². The number of benzene rings is 2. The molecule has 0 aliphatic rings. The van der Waals surface area contributed by atoms with Gasteiger partial charge < -0.3 is 4.98 Å². The number of rotatable bonds is 3. The second-order valence-corrected chi connectivity index (χ2v) is 7.38. The number of hydrogen-bond donors (Lipinski definition) is 1. The Kier molecular flexibility index (Phi) is 4.01. The molecule has 23 heavy (non-hydrogen) atoms. The highest BCUT2D eigenvalue weighted by atomic mass is 79.9. The van der Waals surface area contributed by atoms with Gasteiger partial charge in [0.1, 0.15) is 16.9 Å². The van der Waals surface area contributed by atoms with Gasteiger partial charge in [0.05, 0.1) is 5.52 Å². The van der Waals surface area contributed by atoms with Gasteiger partial charge in [-0.1, -0.05) is 57.5 Å². The molecule has 0 aliphatic heterocycles. The second kappa shape index (κ2) is 6.15. The third kappa shape index (κ3) is 2.84. The molecule has 0 bridgehead atoms. The first kappa shape index (κ1) is 15.0. The molecular formula is C17H11BrClN3S. The van der Waals surface area contributed by atoms with Gasteiger partial charge in [0.15, 0.2) is 0 Å². The first-order valence-corrected chi connectivity index (χ1v) is 9.16.